The SMILES string of the molecule is CC(=O)N(C)c1ccc(N2CCNCC2)c(F)c1. The third-order valence-electron chi connectivity index (χ3n) is 3.25. The fourth-order valence-corrected chi connectivity index (χ4v) is 2.05. The van der Waals surface area contributed by atoms with Gasteiger partial charge in [0, 0.05) is 45.8 Å². The normalized spacial score (nSPS) is 15.6. The van der Waals surface area contributed by atoms with Crippen LogP contribution >= 0.6 is 0 Å². The summed E-state index contributed by atoms with van der Waals surface area (Å²) in [6.07, 6.45) is 0. The van der Waals surface area contributed by atoms with Crippen LogP contribution in [0.25, 0.3) is 0 Å². The number of nitrogens with zero attached hydrogens (tertiary/aromatic N) is 2. The molecule has 1 saturated heterocycles. The van der Waals surface area contributed by atoms with Crippen molar-refractivity contribution in [2.75, 3.05) is 43.0 Å². The van der Waals surface area contributed by atoms with Gasteiger partial charge in [-0.3, -0.25) is 4.79 Å². The van der Waals surface area contributed by atoms with Crippen LogP contribution < -0.4 is 15.1 Å². The van der Waals surface area contributed by atoms with Gasteiger partial charge in [0.2, 0.25) is 5.91 Å². The van der Waals surface area contributed by atoms with Gasteiger partial charge in [-0.2, -0.15) is 0 Å². The number of nitrogens with one attached hydrogen (secondary N) is 1. The molecule has 0 radical (unpaired) electrons. The smallest absolute Gasteiger partial charge is 0.223 e. The Morgan fingerprint density at radius 1 is 1.39 bits per heavy atom. The summed E-state index contributed by atoms with van der Waals surface area (Å²) < 4.78 is 14.1. The number of hydrogen-bond donors (Lipinski definition) is 1. The lowest BCUT2D eigenvalue weighted by Crippen LogP contribution is -2.43. The van der Waals surface area contributed by atoms with Gasteiger partial charge in [-0.05, 0) is 18.2 Å². The third-order valence-corrected chi connectivity index (χ3v) is 3.25. The average Bonchev–Trinajstić information content (AvgIpc) is 2.38. The first-order valence-electron chi connectivity index (χ1n) is 6.09. The molecule has 18 heavy (non-hydrogen) atoms. The second-order valence-corrected chi connectivity index (χ2v) is 4.45. The zero-order chi connectivity index (χ0) is 13.1. The van der Waals surface area contributed by atoms with Crippen molar-refractivity contribution in [3.8, 4) is 0 Å². The molecular weight excluding hydrogens is 233 g/mol. The van der Waals surface area contributed by atoms with E-state index in [1.165, 1.54) is 17.9 Å². The van der Waals surface area contributed by atoms with Crippen LogP contribution in [0.4, 0.5) is 15.8 Å². The summed E-state index contributed by atoms with van der Waals surface area (Å²) >= 11 is 0. The number of halogens is 1. The van der Waals surface area contributed by atoms with Crippen LogP contribution in [0, 0.1) is 5.82 Å². The summed E-state index contributed by atoms with van der Waals surface area (Å²) in [6, 6.07) is 4.94. The first-order valence-corrected chi connectivity index (χ1v) is 6.09. The van der Waals surface area contributed by atoms with E-state index in [1.807, 2.05) is 4.90 Å². The highest BCUT2D eigenvalue weighted by Crippen LogP contribution is 2.24. The van der Waals surface area contributed by atoms with Crippen LogP contribution in [0.15, 0.2) is 18.2 Å². The van der Waals surface area contributed by atoms with Crippen molar-refractivity contribution in [1.82, 2.24) is 5.32 Å². The monoisotopic (exact) mass is 251 g/mol. The Hall–Kier alpha value is -1.62. The molecule has 1 heterocycles. The number of piperazine rings is 1. The van der Waals surface area contributed by atoms with Crippen LogP contribution in [-0.4, -0.2) is 39.1 Å². The van der Waals surface area contributed by atoms with Gasteiger partial charge in [0.05, 0.1) is 5.69 Å². The molecule has 0 unspecified atom stereocenters. The Bertz CT molecular complexity index is 444. The summed E-state index contributed by atoms with van der Waals surface area (Å²) in [5.41, 5.74) is 1.19. The largest absolute Gasteiger partial charge is 0.367 e. The molecule has 98 valence electrons. The van der Waals surface area contributed by atoms with Crippen LogP contribution in [-0.2, 0) is 4.79 Å². The number of carbonyl (C=O) groups excluding carboxylic acids is 1. The van der Waals surface area contributed by atoms with Gasteiger partial charge in [-0.1, -0.05) is 0 Å². The molecule has 1 aromatic rings. The molecule has 5 heteroatoms. The van der Waals surface area contributed by atoms with Gasteiger partial charge in [-0.25, -0.2) is 4.39 Å². The standard InChI is InChI=1S/C13H18FN3O/c1-10(18)16(2)11-3-4-13(12(14)9-11)17-7-5-15-6-8-17/h3-4,9,15H,5-8H2,1-2H3. The lowest BCUT2D eigenvalue weighted by Gasteiger charge is -2.30. The maximum Gasteiger partial charge on any atom is 0.223 e. The minimum absolute atomic E-state index is 0.107. The van der Waals surface area contributed by atoms with Gasteiger partial charge in [0.15, 0.2) is 0 Å². The van der Waals surface area contributed by atoms with E-state index >= 15 is 0 Å². The van der Waals surface area contributed by atoms with E-state index in [2.05, 4.69) is 5.32 Å². The topological polar surface area (TPSA) is 35.6 Å². The van der Waals surface area contributed by atoms with Crippen LogP contribution in [0.3, 0.4) is 0 Å². The van der Waals surface area contributed by atoms with Crippen molar-refractivity contribution in [2.24, 2.45) is 0 Å². The van der Waals surface area contributed by atoms with Crippen molar-refractivity contribution in [1.29, 1.82) is 0 Å². The molecule has 1 aliphatic heterocycles. The molecule has 1 aromatic carbocycles. The summed E-state index contributed by atoms with van der Waals surface area (Å²) in [4.78, 5) is 14.7. The molecule has 0 atom stereocenters. The van der Waals surface area contributed by atoms with Gasteiger partial charge in [0.25, 0.3) is 0 Å². The Kier molecular flexibility index (Phi) is 3.81. The van der Waals surface area contributed by atoms with Crippen molar-refractivity contribution in [3.05, 3.63) is 24.0 Å². The molecule has 1 amide bonds. The second kappa shape index (κ2) is 5.35. The molecule has 0 aromatic heterocycles. The highest BCUT2D eigenvalue weighted by molar-refractivity contribution is 5.91. The first-order chi connectivity index (χ1) is 8.59. The van der Waals surface area contributed by atoms with Crippen molar-refractivity contribution >= 4 is 17.3 Å². The third kappa shape index (κ3) is 2.61. The molecule has 1 N–H and O–H groups in total. The molecule has 1 fully saturated rings. The maximum absolute atomic E-state index is 14.1. The minimum atomic E-state index is -0.275. The molecule has 4 nitrogen and oxygen atoms in total. The zero-order valence-corrected chi connectivity index (χ0v) is 10.7. The Morgan fingerprint density at radius 3 is 2.61 bits per heavy atom. The summed E-state index contributed by atoms with van der Waals surface area (Å²) in [7, 11) is 1.64. The van der Waals surface area contributed by atoms with Crippen LogP contribution in [0.1, 0.15) is 6.92 Å². The fraction of sp³-hybridized carbons (Fsp3) is 0.462. The average molecular weight is 251 g/mol. The van der Waals surface area contributed by atoms with E-state index in [0.717, 1.165) is 26.2 Å². The number of carbonyl (C=O) groups is 1. The van der Waals surface area contributed by atoms with Gasteiger partial charge >= 0.3 is 0 Å². The van der Waals surface area contributed by atoms with Gasteiger partial charge in [0.1, 0.15) is 5.82 Å². The van der Waals surface area contributed by atoms with E-state index in [1.54, 1.807) is 19.2 Å². The molecule has 0 saturated carbocycles. The predicted molar refractivity (Wildman–Crippen MR) is 70.6 cm³/mol. The Morgan fingerprint density at radius 2 is 2.06 bits per heavy atom. The van der Waals surface area contributed by atoms with E-state index in [4.69, 9.17) is 0 Å². The van der Waals surface area contributed by atoms with E-state index < -0.39 is 0 Å². The first kappa shape index (κ1) is 12.8. The fourth-order valence-electron chi connectivity index (χ4n) is 2.05. The number of rotatable bonds is 2. The number of anilines is 2. The summed E-state index contributed by atoms with van der Waals surface area (Å²) in [5.74, 6) is -0.383. The van der Waals surface area contributed by atoms with Crippen molar-refractivity contribution < 1.29 is 9.18 Å². The number of hydrogen-bond acceptors (Lipinski definition) is 3. The highest BCUT2D eigenvalue weighted by Gasteiger charge is 2.16. The van der Waals surface area contributed by atoms with Crippen LogP contribution in [0.2, 0.25) is 0 Å². The summed E-state index contributed by atoms with van der Waals surface area (Å²) in [5, 5.41) is 3.23. The minimum Gasteiger partial charge on any atom is -0.367 e. The lowest BCUT2D eigenvalue weighted by atomic mass is 10.2. The quantitative estimate of drug-likeness (QED) is 0.858. The predicted octanol–water partition coefficient (Wildman–Crippen LogP) is 1.22. The summed E-state index contributed by atoms with van der Waals surface area (Å²) in [6.45, 7) is 4.81. The Labute approximate surface area is 106 Å². The molecule has 0 spiro atoms. The highest BCUT2D eigenvalue weighted by atomic mass is 19.1. The Balaban J connectivity index is 2.21. The van der Waals surface area contributed by atoms with E-state index in [-0.39, 0.29) is 11.7 Å². The van der Waals surface area contributed by atoms with Gasteiger partial charge < -0.3 is 15.1 Å². The molecule has 1 aliphatic rings. The molecule has 2 rings (SSSR count). The number of benzene rings is 1. The number of amides is 1. The van der Waals surface area contributed by atoms with Gasteiger partial charge in [-0.15, -0.1) is 0 Å². The van der Waals surface area contributed by atoms with Crippen LogP contribution in [0.5, 0.6) is 0 Å². The second-order valence-electron chi connectivity index (χ2n) is 4.45. The van der Waals surface area contributed by atoms with E-state index in [0.29, 0.717) is 11.4 Å². The lowest BCUT2D eigenvalue weighted by molar-refractivity contribution is -0.116. The molecule has 0 bridgehead atoms. The zero-order valence-electron chi connectivity index (χ0n) is 10.7. The van der Waals surface area contributed by atoms with Crippen molar-refractivity contribution in [2.45, 2.75) is 6.92 Å². The molecular formula is C13H18FN3O. The van der Waals surface area contributed by atoms with Crippen molar-refractivity contribution in [3.63, 3.8) is 0 Å². The van der Waals surface area contributed by atoms with E-state index in [9.17, 15) is 9.18 Å². The maximum atomic E-state index is 14.1. The molecule has 0 aliphatic carbocycles.